The zero-order valence-electron chi connectivity index (χ0n) is 11.6. The molecule has 1 aromatic heterocycles. The van der Waals surface area contributed by atoms with Gasteiger partial charge in [0.15, 0.2) is 5.78 Å². The number of Topliss-reactive ketones (excluding diaryl/α,β-unsaturated/α-hetero) is 1. The van der Waals surface area contributed by atoms with Crippen LogP contribution in [-0.4, -0.2) is 15.3 Å². The second-order valence-electron chi connectivity index (χ2n) is 4.96. The molecule has 0 N–H and O–H groups in total. The summed E-state index contributed by atoms with van der Waals surface area (Å²) in [6.07, 6.45) is 3.92. The van der Waals surface area contributed by atoms with Gasteiger partial charge in [0, 0.05) is 24.0 Å². The third-order valence-corrected chi connectivity index (χ3v) is 3.43. The minimum absolute atomic E-state index is 0.116. The van der Waals surface area contributed by atoms with E-state index < -0.39 is 0 Å². The highest BCUT2D eigenvalue weighted by Gasteiger charge is 2.10. The van der Waals surface area contributed by atoms with E-state index in [9.17, 15) is 4.79 Å². The number of rotatable bonds is 5. The van der Waals surface area contributed by atoms with Gasteiger partial charge in [-0.15, -0.1) is 0 Å². The van der Waals surface area contributed by atoms with Crippen molar-refractivity contribution in [3.8, 4) is 0 Å². The Kier molecular flexibility index (Phi) is 3.92. The summed E-state index contributed by atoms with van der Waals surface area (Å²) >= 11 is 0. The lowest BCUT2D eigenvalue weighted by atomic mass is 10.1. The van der Waals surface area contributed by atoms with Gasteiger partial charge in [0.2, 0.25) is 0 Å². The van der Waals surface area contributed by atoms with E-state index in [1.807, 2.05) is 53.1 Å². The molecular weight excluding hydrogens is 260 g/mol. The van der Waals surface area contributed by atoms with Crippen LogP contribution in [0.5, 0.6) is 0 Å². The minimum Gasteiger partial charge on any atom is -0.330 e. The summed E-state index contributed by atoms with van der Waals surface area (Å²) in [6, 6.07) is 19.5. The van der Waals surface area contributed by atoms with Gasteiger partial charge >= 0.3 is 0 Å². The molecule has 0 aliphatic carbocycles. The quantitative estimate of drug-likeness (QED) is 0.670. The lowest BCUT2D eigenvalue weighted by Crippen LogP contribution is -2.09. The maximum Gasteiger partial charge on any atom is 0.168 e. The third kappa shape index (κ3) is 3.26. The van der Waals surface area contributed by atoms with Gasteiger partial charge in [-0.05, 0) is 5.56 Å². The Morgan fingerprint density at radius 3 is 2.33 bits per heavy atom. The molecular formula is C18H16N2O. The van der Waals surface area contributed by atoms with Crippen molar-refractivity contribution in [2.45, 2.75) is 13.0 Å². The van der Waals surface area contributed by atoms with E-state index in [0.717, 1.165) is 17.8 Å². The number of carbonyl (C=O) groups excluding carboxylic acids is 1. The normalized spacial score (nSPS) is 10.5. The highest BCUT2D eigenvalue weighted by Crippen LogP contribution is 2.10. The number of aromatic nitrogens is 2. The van der Waals surface area contributed by atoms with Gasteiger partial charge in [-0.2, -0.15) is 0 Å². The number of ketones is 1. The van der Waals surface area contributed by atoms with Crippen LogP contribution in [0.1, 0.15) is 21.6 Å². The SMILES string of the molecule is O=C(Cc1cncn1Cc1ccccc1)c1ccccc1. The summed E-state index contributed by atoms with van der Waals surface area (Å²) in [5, 5.41) is 0. The first-order chi connectivity index (χ1) is 10.3. The molecule has 3 nitrogen and oxygen atoms in total. The van der Waals surface area contributed by atoms with Crippen LogP contribution in [0.25, 0.3) is 0 Å². The molecule has 0 amide bonds. The third-order valence-electron chi connectivity index (χ3n) is 3.43. The van der Waals surface area contributed by atoms with Crippen molar-refractivity contribution in [3.05, 3.63) is 90.0 Å². The van der Waals surface area contributed by atoms with Gasteiger partial charge in [0.1, 0.15) is 0 Å². The zero-order chi connectivity index (χ0) is 14.5. The van der Waals surface area contributed by atoms with E-state index in [-0.39, 0.29) is 5.78 Å². The molecule has 0 spiro atoms. The Labute approximate surface area is 123 Å². The average molecular weight is 276 g/mol. The standard InChI is InChI=1S/C18H16N2O/c21-18(16-9-5-2-6-10-16)11-17-12-19-14-20(17)13-15-7-3-1-4-8-15/h1-10,12,14H,11,13H2. The van der Waals surface area contributed by atoms with Crippen LogP contribution >= 0.6 is 0 Å². The monoisotopic (exact) mass is 276 g/mol. The molecule has 0 atom stereocenters. The smallest absolute Gasteiger partial charge is 0.168 e. The van der Waals surface area contributed by atoms with Crippen molar-refractivity contribution < 1.29 is 4.79 Å². The molecule has 3 rings (SSSR count). The van der Waals surface area contributed by atoms with Crippen LogP contribution in [0.3, 0.4) is 0 Å². The number of nitrogens with zero attached hydrogens (tertiary/aromatic N) is 2. The molecule has 3 heteroatoms. The average Bonchev–Trinajstić information content (AvgIpc) is 2.96. The Hall–Kier alpha value is -2.68. The summed E-state index contributed by atoms with van der Waals surface area (Å²) in [5.41, 5.74) is 2.88. The Balaban J connectivity index is 1.75. The number of hydrogen-bond acceptors (Lipinski definition) is 2. The van der Waals surface area contributed by atoms with Crippen molar-refractivity contribution in [3.63, 3.8) is 0 Å². The van der Waals surface area contributed by atoms with Crippen LogP contribution in [0, 0.1) is 0 Å². The molecule has 0 radical (unpaired) electrons. The summed E-state index contributed by atoms with van der Waals surface area (Å²) in [6.45, 7) is 0.734. The number of carbonyl (C=O) groups is 1. The number of imidazole rings is 1. The number of hydrogen-bond donors (Lipinski definition) is 0. The molecule has 0 fully saturated rings. The molecule has 3 aromatic rings. The predicted octanol–water partition coefficient (Wildman–Crippen LogP) is 3.36. The molecule has 0 aliphatic heterocycles. The molecule has 104 valence electrons. The summed E-state index contributed by atoms with van der Waals surface area (Å²) < 4.78 is 2.02. The van der Waals surface area contributed by atoms with Crippen molar-refractivity contribution >= 4 is 5.78 Å². The molecule has 1 heterocycles. The fraction of sp³-hybridized carbons (Fsp3) is 0.111. The molecule has 0 aliphatic rings. The van der Waals surface area contributed by atoms with Crippen LogP contribution in [-0.2, 0) is 13.0 Å². The van der Waals surface area contributed by atoms with Crippen molar-refractivity contribution in [1.29, 1.82) is 0 Å². The molecule has 0 saturated carbocycles. The van der Waals surface area contributed by atoms with Gasteiger partial charge in [-0.1, -0.05) is 60.7 Å². The Bertz CT molecular complexity index is 717. The van der Waals surface area contributed by atoms with Gasteiger partial charge in [-0.25, -0.2) is 4.98 Å². The maximum atomic E-state index is 12.3. The fourth-order valence-corrected chi connectivity index (χ4v) is 2.31. The lowest BCUT2D eigenvalue weighted by molar-refractivity contribution is 0.0991. The molecule has 21 heavy (non-hydrogen) atoms. The van der Waals surface area contributed by atoms with E-state index >= 15 is 0 Å². The van der Waals surface area contributed by atoms with E-state index in [0.29, 0.717) is 6.42 Å². The van der Waals surface area contributed by atoms with E-state index in [1.54, 1.807) is 12.5 Å². The van der Waals surface area contributed by atoms with Gasteiger partial charge in [0.05, 0.1) is 12.7 Å². The van der Waals surface area contributed by atoms with Crippen molar-refractivity contribution in [2.75, 3.05) is 0 Å². The van der Waals surface area contributed by atoms with Gasteiger partial charge in [0.25, 0.3) is 0 Å². The van der Waals surface area contributed by atoms with Crippen LogP contribution < -0.4 is 0 Å². The Morgan fingerprint density at radius 2 is 1.62 bits per heavy atom. The first-order valence-corrected chi connectivity index (χ1v) is 6.94. The topological polar surface area (TPSA) is 34.9 Å². The zero-order valence-corrected chi connectivity index (χ0v) is 11.6. The van der Waals surface area contributed by atoms with E-state index in [2.05, 4.69) is 17.1 Å². The Morgan fingerprint density at radius 1 is 0.952 bits per heavy atom. The van der Waals surface area contributed by atoms with E-state index in [1.165, 1.54) is 5.56 Å². The predicted molar refractivity (Wildman–Crippen MR) is 82.2 cm³/mol. The summed E-state index contributed by atoms with van der Waals surface area (Å²) in [5.74, 6) is 0.116. The largest absolute Gasteiger partial charge is 0.330 e. The van der Waals surface area contributed by atoms with Crippen LogP contribution in [0.2, 0.25) is 0 Å². The van der Waals surface area contributed by atoms with Gasteiger partial charge in [-0.3, -0.25) is 4.79 Å². The summed E-state index contributed by atoms with van der Waals surface area (Å²) in [7, 11) is 0. The minimum atomic E-state index is 0.116. The highest BCUT2D eigenvalue weighted by molar-refractivity contribution is 5.97. The molecule has 0 unspecified atom stereocenters. The fourth-order valence-electron chi connectivity index (χ4n) is 2.31. The van der Waals surface area contributed by atoms with Crippen molar-refractivity contribution in [1.82, 2.24) is 9.55 Å². The second kappa shape index (κ2) is 6.18. The summed E-state index contributed by atoms with van der Waals surface area (Å²) in [4.78, 5) is 16.5. The van der Waals surface area contributed by atoms with E-state index in [4.69, 9.17) is 0 Å². The van der Waals surface area contributed by atoms with Crippen molar-refractivity contribution in [2.24, 2.45) is 0 Å². The van der Waals surface area contributed by atoms with Crippen LogP contribution in [0.4, 0.5) is 0 Å². The molecule has 0 saturated heterocycles. The number of benzene rings is 2. The maximum absolute atomic E-state index is 12.3. The van der Waals surface area contributed by atoms with Crippen LogP contribution in [0.15, 0.2) is 73.2 Å². The van der Waals surface area contributed by atoms with Gasteiger partial charge < -0.3 is 4.57 Å². The molecule has 0 bridgehead atoms. The second-order valence-corrected chi connectivity index (χ2v) is 4.96. The highest BCUT2D eigenvalue weighted by atomic mass is 16.1. The first-order valence-electron chi connectivity index (χ1n) is 6.94. The first kappa shape index (κ1) is 13.3. The molecule has 2 aromatic carbocycles. The lowest BCUT2D eigenvalue weighted by Gasteiger charge is -2.08.